The van der Waals surface area contributed by atoms with E-state index in [0.717, 1.165) is 19.3 Å². The molecular weight excluding hydrogens is 152 g/mol. The Morgan fingerprint density at radius 2 is 2.00 bits per heavy atom. The summed E-state index contributed by atoms with van der Waals surface area (Å²) in [5, 5.41) is 10.4. The maximum Gasteiger partial charge on any atom is 0.0955 e. The molecule has 2 nitrogen and oxygen atoms in total. The predicted molar refractivity (Wildman–Crippen MR) is 49.1 cm³/mol. The molecule has 1 rings (SSSR count). The summed E-state index contributed by atoms with van der Waals surface area (Å²) >= 11 is 0. The molecule has 0 spiro atoms. The van der Waals surface area contributed by atoms with Gasteiger partial charge in [0.15, 0.2) is 0 Å². The van der Waals surface area contributed by atoms with E-state index in [0.29, 0.717) is 0 Å². The maximum absolute atomic E-state index is 10.4. The third-order valence-corrected chi connectivity index (χ3v) is 3.14. The minimum Gasteiger partial charge on any atom is -0.387 e. The first kappa shape index (κ1) is 10.0. The quantitative estimate of drug-likeness (QED) is 0.655. The van der Waals surface area contributed by atoms with E-state index < -0.39 is 5.60 Å². The fourth-order valence-electron chi connectivity index (χ4n) is 2.13. The molecule has 0 aromatic heterocycles. The third kappa shape index (κ3) is 1.38. The van der Waals surface area contributed by atoms with E-state index in [2.05, 4.69) is 20.8 Å². The zero-order valence-corrected chi connectivity index (χ0v) is 8.55. The third-order valence-electron chi connectivity index (χ3n) is 3.14. The van der Waals surface area contributed by atoms with Gasteiger partial charge in [-0.05, 0) is 24.7 Å². The predicted octanol–water partition coefficient (Wildman–Crippen LogP) is 1.96. The highest BCUT2D eigenvalue weighted by atomic mass is 16.5. The molecule has 0 heterocycles. The van der Waals surface area contributed by atoms with Gasteiger partial charge in [-0.3, -0.25) is 0 Å². The van der Waals surface area contributed by atoms with Crippen LogP contribution >= 0.6 is 0 Å². The summed E-state index contributed by atoms with van der Waals surface area (Å²) in [6, 6.07) is 0. The Labute approximate surface area is 74.9 Å². The Bertz CT molecular complexity index is 160. The zero-order chi connectivity index (χ0) is 9.41. The second-order valence-corrected chi connectivity index (χ2v) is 4.79. The molecule has 2 heteroatoms. The SMILES string of the molecule is COC1CCCC1(O)C(C)(C)C. The van der Waals surface area contributed by atoms with Gasteiger partial charge in [0.2, 0.25) is 0 Å². The topological polar surface area (TPSA) is 29.5 Å². The van der Waals surface area contributed by atoms with Gasteiger partial charge in [0.05, 0.1) is 11.7 Å². The maximum atomic E-state index is 10.4. The van der Waals surface area contributed by atoms with Crippen molar-refractivity contribution in [3.63, 3.8) is 0 Å². The molecule has 72 valence electrons. The van der Waals surface area contributed by atoms with Gasteiger partial charge < -0.3 is 9.84 Å². The van der Waals surface area contributed by atoms with Crippen molar-refractivity contribution < 1.29 is 9.84 Å². The first-order valence-electron chi connectivity index (χ1n) is 4.67. The average Bonchev–Trinajstić information content (AvgIpc) is 2.30. The molecule has 0 radical (unpaired) electrons. The molecule has 0 aliphatic heterocycles. The highest BCUT2D eigenvalue weighted by Gasteiger charge is 2.49. The number of ether oxygens (including phenoxy) is 1. The molecule has 0 saturated heterocycles. The van der Waals surface area contributed by atoms with Crippen molar-refractivity contribution in [2.75, 3.05) is 7.11 Å². The standard InChI is InChI=1S/C10H20O2/c1-9(2,3)10(11)7-5-6-8(10)12-4/h8,11H,5-7H2,1-4H3. The highest BCUT2D eigenvalue weighted by Crippen LogP contribution is 2.44. The van der Waals surface area contributed by atoms with Crippen molar-refractivity contribution in [3.05, 3.63) is 0 Å². The normalized spacial score (nSPS) is 37.2. The number of methoxy groups -OCH3 is 1. The fraction of sp³-hybridized carbons (Fsp3) is 1.00. The zero-order valence-electron chi connectivity index (χ0n) is 8.55. The summed E-state index contributed by atoms with van der Waals surface area (Å²) in [6.07, 6.45) is 2.96. The lowest BCUT2D eigenvalue weighted by Crippen LogP contribution is -2.49. The summed E-state index contributed by atoms with van der Waals surface area (Å²) in [4.78, 5) is 0. The Kier molecular flexibility index (Phi) is 2.50. The van der Waals surface area contributed by atoms with Crippen LogP contribution in [0.3, 0.4) is 0 Å². The van der Waals surface area contributed by atoms with E-state index in [-0.39, 0.29) is 11.5 Å². The molecule has 0 amide bonds. The summed E-state index contributed by atoms with van der Waals surface area (Å²) < 4.78 is 5.30. The lowest BCUT2D eigenvalue weighted by molar-refractivity contribution is -0.135. The van der Waals surface area contributed by atoms with Crippen LogP contribution in [-0.2, 0) is 4.74 Å². The molecule has 2 atom stereocenters. The monoisotopic (exact) mass is 172 g/mol. The minimum atomic E-state index is -0.623. The van der Waals surface area contributed by atoms with E-state index in [1.54, 1.807) is 7.11 Å². The number of aliphatic hydroxyl groups is 1. The molecule has 1 saturated carbocycles. The van der Waals surface area contributed by atoms with E-state index in [1.165, 1.54) is 0 Å². The van der Waals surface area contributed by atoms with Crippen LogP contribution in [0.4, 0.5) is 0 Å². The lowest BCUT2D eigenvalue weighted by atomic mass is 9.74. The lowest BCUT2D eigenvalue weighted by Gasteiger charge is -2.41. The summed E-state index contributed by atoms with van der Waals surface area (Å²) in [6.45, 7) is 6.22. The van der Waals surface area contributed by atoms with Crippen molar-refractivity contribution in [1.29, 1.82) is 0 Å². The summed E-state index contributed by atoms with van der Waals surface area (Å²) in [5.74, 6) is 0. The molecular formula is C10H20O2. The van der Waals surface area contributed by atoms with Crippen molar-refractivity contribution in [2.24, 2.45) is 5.41 Å². The van der Waals surface area contributed by atoms with Gasteiger partial charge in [0, 0.05) is 7.11 Å². The first-order chi connectivity index (χ1) is 5.42. The second kappa shape index (κ2) is 3.00. The van der Waals surface area contributed by atoms with Crippen molar-refractivity contribution >= 4 is 0 Å². The van der Waals surface area contributed by atoms with Crippen LogP contribution in [0.1, 0.15) is 40.0 Å². The van der Waals surface area contributed by atoms with Crippen LogP contribution in [0.5, 0.6) is 0 Å². The Balaban J connectivity index is 2.82. The van der Waals surface area contributed by atoms with Gasteiger partial charge in [-0.15, -0.1) is 0 Å². The Morgan fingerprint density at radius 3 is 2.33 bits per heavy atom. The molecule has 2 unspecified atom stereocenters. The van der Waals surface area contributed by atoms with Crippen LogP contribution in [0.2, 0.25) is 0 Å². The van der Waals surface area contributed by atoms with Crippen molar-refractivity contribution in [1.82, 2.24) is 0 Å². The smallest absolute Gasteiger partial charge is 0.0955 e. The fourth-order valence-corrected chi connectivity index (χ4v) is 2.13. The molecule has 0 aromatic carbocycles. The molecule has 0 bridgehead atoms. The second-order valence-electron chi connectivity index (χ2n) is 4.79. The minimum absolute atomic E-state index is 0.0255. The average molecular weight is 172 g/mol. The summed E-state index contributed by atoms with van der Waals surface area (Å²) in [7, 11) is 1.69. The van der Waals surface area contributed by atoms with Crippen LogP contribution in [0.25, 0.3) is 0 Å². The molecule has 12 heavy (non-hydrogen) atoms. The van der Waals surface area contributed by atoms with E-state index in [9.17, 15) is 5.11 Å². The van der Waals surface area contributed by atoms with Gasteiger partial charge in [-0.1, -0.05) is 20.8 Å². The Morgan fingerprint density at radius 1 is 1.42 bits per heavy atom. The number of hydrogen-bond acceptors (Lipinski definition) is 2. The van der Waals surface area contributed by atoms with Gasteiger partial charge in [-0.2, -0.15) is 0 Å². The Hall–Kier alpha value is -0.0800. The molecule has 1 N–H and O–H groups in total. The van der Waals surface area contributed by atoms with E-state index in [4.69, 9.17) is 4.74 Å². The largest absolute Gasteiger partial charge is 0.387 e. The van der Waals surface area contributed by atoms with Gasteiger partial charge in [0.25, 0.3) is 0 Å². The van der Waals surface area contributed by atoms with Crippen LogP contribution in [0.15, 0.2) is 0 Å². The van der Waals surface area contributed by atoms with Gasteiger partial charge in [-0.25, -0.2) is 0 Å². The first-order valence-corrected chi connectivity index (χ1v) is 4.67. The number of hydrogen-bond donors (Lipinski definition) is 1. The molecule has 0 aromatic rings. The van der Waals surface area contributed by atoms with Crippen molar-refractivity contribution in [3.8, 4) is 0 Å². The van der Waals surface area contributed by atoms with Crippen LogP contribution in [-0.4, -0.2) is 23.9 Å². The van der Waals surface area contributed by atoms with Crippen molar-refractivity contribution in [2.45, 2.75) is 51.7 Å². The number of rotatable bonds is 1. The highest BCUT2D eigenvalue weighted by molar-refractivity contribution is 5.01. The molecule has 1 aliphatic rings. The van der Waals surface area contributed by atoms with Gasteiger partial charge in [0.1, 0.15) is 0 Å². The van der Waals surface area contributed by atoms with E-state index >= 15 is 0 Å². The molecule has 1 aliphatic carbocycles. The van der Waals surface area contributed by atoms with Crippen LogP contribution in [0, 0.1) is 5.41 Å². The van der Waals surface area contributed by atoms with Crippen LogP contribution < -0.4 is 0 Å². The van der Waals surface area contributed by atoms with Gasteiger partial charge >= 0.3 is 0 Å². The van der Waals surface area contributed by atoms with E-state index in [1.807, 2.05) is 0 Å². The molecule has 1 fully saturated rings. The summed E-state index contributed by atoms with van der Waals surface area (Å²) in [5.41, 5.74) is -0.702.